The predicted molar refractivity (Wildman–Crippen MR) is 61.6 cm³/mol. The van der Waals surface area contributed by atoms with E-state index in [1.54, 1.807) is 0 Å². The zero-order valence-corrected chi connectivity index (χ0v) is 10.4. The Morgan fingerprint density at radius 3 is 1.31 bits per heavy atom. The fourth-order valence-electron chi connectivity index (χ4n) is 2.01. The SMILES string of the molecule is [CH2]CC(CC(C)(C)C)CC(C)(C)C. The van der Waals surface area contributed by atoms with Gasteiger partial charge < -0.3 is 0 Å². The third-order valence-corrected chi connectivity index (χ3v) is 2.21. The summed E-state index contributed by atoms with van der Waals surface area (Å²) in [7, 11) is 0. The molecule has 0 N–H and O–H groups in total. The van der Waals surface area contributed by atoms with Crippen molar-refractivity contribution in [3.8, 4) is 0 Å². The fraction of sp³-hybridized carbons (Fsp3) is 0.923. The van der Waals surface area contributed by atoms with Crippen molar-refractivity contribution in [1.29, 1.82) is 0 Å². The molecule has 0 heteroatoms. The Morgan fingerprint density at radius 2 is 1.15 bits per heavy atom. The first-order valence-electron chi connectivity index (χ1n) is 5.43. The molecule has 0 fully saturated rings. The third-order valence-electron chi connectivity index (χ3n) is 2.21. The Balaban J connectivity index is 4.05. The van der Waals surface area contributed by atoms with E-state index in [1.165, 1.54) is 12.8 Å². The van der Waals surface area contributed by atoms with Crippen molar-refractivity contribution in [3.63, 3.8) is 0 Å². The van der Waals surface area contributed by atoms with Crippen LogP contribution in [0.25, 0.3) is 0 Å². The lowest BCUT2D eigenvalue weighted by molar-refractivity contribution is 0.220. The Hall–Kier alpha value is 0. The van der Waals surface area contributed by atoms with Crippen LogP contribution in [0, 0.1) is 23.7 Å². The maximum Gasteiger partial charge on any atom is -0.0380 e. The van der Waals surface area contributed by atoms with Gasteiger partial charge in [-0.3, -0.25) is 0 Å². The van der Waals surface area contributed by atoms with Gasteiger partial charge in [-0.2, -0.15) is 0 Å². The highest BCUT2D eigenvalue weighted by Crippen LogP contribution is 2.34. The highest BCUT2D eigenvalue weighted by Gasteiger charge is 2.22. The first kappa shape index (κ1) is 13.0. The molecule has 0 spiro atoms. The summed E-state index contributed by atoms with van der Waals surface area (Å²) >= 11 is 0. The van der Waals surface area contributed by atoms with Crippen LogP contribution in [0.4, 0.5) is 0 Å². The molecule has 0 nitrogen and oxygen atoms in total. The fourth-order valence-corrected chi connectivity index (χ4v) is 2.01. The lowest BCUT2D eigenvalue weighted by atomic mass is 9.76. The summed E-state index contributed by atoms with van der Waals surface area (Å²) < 4.78 is 0. The van der Waals surface area contributed by atoms with Crippen LogP contribution < -0.4 is 0 Å². The smallest absolute Gasteiger partial charge is 0.0380 e. The van der Waals surface area contributed by atoms with Crippen LogP contribution in [-0.2, 0) is 0 Å². The molecule has 79 valence electrons. The molecule has 0 unspecified atom stereocenters. The molecule has 0 rings (SSSR count). The van der Waals surface area contributed by atoms with E-state index in [1.807, 2.05) is 0 Å². The van der Waals surface area contributed by atoms with Gasteiger partial charge in [0.05, 0.1) is 0 Å². The maximum atomic E-state index is 4.05. The van der Waals surface area contributed by atoms with Crippen LogP contribution in [0.5, 0.6) is 0 Å². The van der Waals surface area contributed by atoms with Gasteiger partial charge in [-0.25, -0.2) is 0 Å². The van der Waals surface area contributed by atoms with Crippen molar-refractivity contribution < 1.29 is 0 Å². The molecule has 0 atom stereocenters. The summed E-state index contributed by atoms with van der Waals surface area (Å²) in [5.41, 5.74) is 0.904. The summed E-state index contributed by atoms with van der Waals surface area (Å²) in [4.78, 5) is 0. The summed E-state index contributed by atoms with van der Waals surface area (Å²) in [5, 5.41) is 0. The molecule has 0 aromatic rings. The first-order chi connectivity index (χ1) is 5.64. The van der Waals surface area contributed by atoms with E-state index in [9.17, 15) is 0 Å². The highest BCUT2D eigenvalue weighted by molar-refractivity contribution is 4.75. The summed E-state index contributed by atoms with van der Waals surface area (Å²) in [5.74, 6) is 0.792. The molecular weight excluding hydrogens is 156 g/mol. The predicted octanol–water partition coefficient (Wildman–Crippen LogP) is 4.70. The molecule has 13 heavy (non-hydrogen) atoms. The lowest BCUT2D eigenvalue weighted by Crippen LogP contribution is -2.18. The minimum Gasteiger partial charge on any atom is -0.0602 e. The Kier molecular flexibility index (Phi) is 4.48. The van der Waals surface area contributed by atoms with Crippen LogP contribution in [-0.4, -0.2) is 0 Å². The quantitative estimate of drug-likeness (QED) is 0.595. The Bertz CT molecular complexity index is 115. The Labute approximate surface area is 85.1 Å². The number of hydrogen-bond acceptors (Lipinski definition) is 0. The van der Waals surface area contributed by atoms with E-state index < -0.39 is 0 Å². The molecule has 0 heterocycles. The molecule has 0 saturated heterocycles. The molecule has 0 aliphatic carbocycles. The Morgan fingerprint density at radius 1 is 0.846 bits per heavy atom. The summed E-state index contributed by atoms with van der Waals surface area (Å²) in [6, 6.07) is 0. The average Bonchev–Trinajstić information content (AvgIpc) is 1.79. The monoisotopic (exact) mass is 183 g/mol. The minimum atomic E-state index is 0.452. The van der Waals surface area contributed by atoms with Crippen LogP contribution in [0.1, 0.15) is 60.8 Å². The lowest BCUT2D eigenvalue weighted by Gasteiger charge is -2.30. The van der Waals surface area contributed by atoms with E-state index in [0.29, 0.717) is 10.8 Å². The third kappa shape index (κ3) is 8.33. The average molecular weight is 183 g/mol. The van der Waals surface area contributed by atoms with Gasteiger partial charge in [0.1, 0.15) is 0 Å². The molecule has 0 aromatic heterocycles. The molecule has 0 aliphatic heterocycles. The van der Waals surface area contributed by atoms with Gasteiger partial charge in [0.15, 0.2) is 0 Å². The largest absolute Gasteiger partial charge is 0.0602 e. The molecule has 0 amide bonds. The zero-order chi connectivity index (χ0) is 10.7. The van der Waals surface area contributed by atoms with E-state index in [0.717, 1.165) is 12.3 Å². The van der Waals surface area contributed by atoms with Gasteiger partial charge >= 0.3 is 0 Å². The second-order valence-electron chi connectivity index (χ2n) is 6.68. The van der Waals surface area contributed by atoms with E-state index >= 15 is 0 Å². The van der Waals surface area contributed by atoms with Crippen molar-refractivity contribution >= 4 is 0 Å². The molecular formula is C13H27. The second kappa shape index (κ2) is 4.48. The van der Waals surface area contributed by atoms with Crippen LogP contribution in [0.3, 0.4) is 0 Å². The molecule has 0 aromatic carbocycles. The first-order valence-corrected chi connectivity index (χ1v) is 5.43. The van der Waals surface area contributed by atoms with Gasteiger partial charge in [0.2, 0.25) is 0 Å². The van der Waals surface area contributed by atoms with Crippen LogP contribution in [0.15, 0.2) is 0 Å². The van der Waals surface area contributed by atoms with Gasteiger partial charge in [0, 0.05) is 0 Å². The second-order valence-corrected chi connectivity index (χ2v) is 6.68. The van der Waals surface area contributed by atoms with Gasteiger partial charge in [-0.15, -0.1) is 0 Å². The zero-order valence-electron chi connectivity index (χ0n) is 10.4. The number of rotatable bonds is 3. The topological polar surface area (TPSA) is 0 Å². The minimum absolute atomic E-state index is 0.452. The summed E-state index contributed by atoms with van der Waals surface area (Å²) in [6.07, 6.45) is 3.68. The van der Waals surface area contributed by atoms with Crippen molar-refractivity contribution in [2.75, 3.05) is 0 Å². The molecule has 0 saturated carbocycles. The van der Waals surface area contributed by atoms with Crippen molar-refractivity contribution in [2.24, 2.45) is 16.7 Å². The standard InChI is InChI=1S/C13H27/c1-8-11(9-12(2,3)4)10-13(5,6)7/h11H,1,8-10H2,2-7H3. The van der Waals surface area contributed by atoms with Crippen LogP contribution in [0.2, 0.25) is 0 Å². The molecule has 1 radical (unpaired) electrons. The van der Waals surface area contributed by atoms with Crippen molar-refractivity contribution in [2.45, 2.75) is 60.8 Å². The van der Waals surface area contributed by atoms with Gasteiger partial charge in [-0.05, 0) is 29.6 Å². The van der Waals surface area contributed by atoms with E-state index in [4.69, 9.17) is 0 Å². The molecule has 0 aliphatic rings. The normalized spacial score (nSPS) is 13.8. The highest BCUT2D eigenvalue weighted by atomic mass is 14.3. The van der Waals surface area contributed by atoms with Gasteiger partial charge in [-0.1, -0.05) is 54.9 Å². The van der Waals surface area contributed by atoms with Crippen molar-refractivity contribution in [1.82, 2.24) is 0 Å². The summed E-state index contributed by atoms with van der Waals surface area (Å²) in [6.45, 7) is 18.0. The van der Waals surface area contributed by atoms with E-state index in [-0.39, 0.29) is 0 Å². The van der Waals surface area contributed by atoms with Crippen molar-refractivity contribution in [3.05, 3.63) is 6.92 Å². The molecule has 0 bridgehead atoms. The van der Waals surface area contributed by atoms with E-state index in [2.05, 4.69) is 48.5 Å². The van der Waals surface area contributed by atoms with Gasteiger partial charge in [0.25, 0.3) is 0 Å². The van der Waals surface area contributed by atoms with Crippen LogP contribution >= 0.6 is 0 Å². The maximum absolute atomic E-state index is 4.05. The number of hydrogen-bond donors (Lipinski definition) is 0.